The Balaban J connectivity index is 1.69. The lowest BCUT2D eigenvalue weighted by Crippen LogP contribution is -2.15. The molecule has 3 aromatic rings. The molecule has 0 saturated carbocycles. The van der Waals surface area contributed by atoms with E-state index in [4.69, 9.17) is 27.9 Å². The van der Waals surface area contributed by atoms with Gasteiger partial charge < -0.3 is 10.1 Å². The largest absolute Gasteiger partial charge is 0.497 e. The van der Waals surface area contributed by atoms with Crippen molar-refractivity contribution in [2.45, 2.75) is 9.79 Å². The molecule has 0 unspecified atom stereocenters. The Labute approximate surface area is 195 Å². The van der Waals surface area contributed by atoms with E-state index in [1.807, 2.05) is 0 Å². The first kappa shape index (κ1) is 23.3. The number of methoxy groups -OCH3 is 1. The number of benzene rings is 3. The quantitative estimate of drug-likeness (QED) is 0.400. The molecule has 0 radical (unpaired) electrons. The number of amides is 1. The maximum absolute atomic E-state index is 12.7. The highest BCUT2D eigenvalue weighted by molar-refractivity contribution is 8.00. The number of para-hydroxylation sites is 1. The predicted molar refractivity (Wildman–Crippen MR) is 126 cm³/mol. The molecule has 0 spiro atoms. The molecule has 1 amide bonds. The van der Waals surface area contributed by atoms with Crippen LogP contribution in [0.2, 0.25) is 10.0 Å². The summed E-state index contributed by atoms with van der Waals surface area (Å²) in [6, 6.07) is 17.7. The average Bonchev–Trinajstić information content (AvgIpc) is 2.75. The summed E-state index contributed by atoms with van der Waals surface area (Å²) in [5.74, 6) is 0.323. The van der Waals surface area contributed by atoms with Crippen molar-refractivity contribution in [3.8, 4) is 5.75 Å². The van der Waals surface area contributed by atoms with Crippen molar-refractivity contribution in [3.05, 3.63) is 76.8 Å². The molecule has 0 fully saturated rings. The summed E-state index contributed by atoms with van der Waals surface area (Å²) < 4.78 is 33.1. The van der Waals surface area contributed by atoms with E-state index in [0.717, 1.165) is 0 Å². The summed E-state index contributed by atoms with van der Waals surface area (Å²) in [7, 11) is -2.30. The summed E-state index contributed by atoms with van der Waals surface area (Å²) in [6.07, 6.45) is 0. The molecule has 0 bridgehead atoms. The third kappa shape index (κ3) is 6.30. The fraction of sp³-hybridized carbons (Fsp3) is 0.0952. The summed E-state index contributed by atoms with van der Waals surface area (Å²) in [5.41, 5.74) is 0.825. The molecule has 162 valence electrons. The van der Waals surface area contributed by atoms with Crippen LogP contribution < -0.4 is 14.8 Å². The lowest BCUT2D eigenvalue weighted by molar-refractivity contribution is -0.113. The number of sulfonamides is 1. The van der Waals surface area contributed by atoms with Gasteiger partial charge in [0.2, 0.25) is 5.91 Å². The van der Waals surface area contributed by atoms with Crippen LogP contribution in [0.1, 0.15) is 0 Å². The minimum atomic E-state index is -3.81. The molecule has 0 saturated heterocycles. The molecule has 0 atom stereocenters. The molecule has 0 aromatic heterocycles. The number of hydrogen-bond acceptors (Lipinski definition) is 5. The highest BCUT2D eigenvalue weighted by atomic mass is 35.5. The number of carbonyl (C=O) groups excluding carboxylic acids is 1. The number of nitrogens with one attached hydrogen (secondary N) is 2. The summed E-state index contributed by atoms with van der Waals surface area (Å²) in [6.45, 7) is 0. The maximum atomic E-state index is 12.7. The maximum Gasteiger partial charge on any atom is 0.261 e. The van der Waals surface area contributed by atoms with Crippen LogP contribution in [0.5, 0.6) is 5.75 Å². The van der Waals surface area contributed by atoms with E-state index in [2.05, 4.69) is 10.0 Å². The standard InChI is InChI=1S/C21H18Cl2N2O4S2/c1-29-15-7-9-16(10-8-15)31(27,28)25-19-4-2-3-5-20(19)30-13-21(26)24-18-11-6-14(22)12-17(18)23/h2-12,25H,13H2,1H3,(H,24,26). The Morgan fingerprint density at radius 2 is 1.71 bits per heavy atom. The van der Waals surface area contributed by atoms with Crippen LogP contribution in [0.3, 0.4) is 0 Å². The van der Waals surface area contributed by atoms with Crippen LogP contribution in [-0.2, 0) is 14.8 Å². The van der Waals surface area contributed by atoms with Crippen molar-refractivity contribution < 1.29 is 17.9 Å². The highest BCUT2D eigenvalue weighted by Crippen LogP contribution is 2.30. The fourth-order valence-corrected chi connectivity index (χ4v) is 4.96. The summed E-state index contributed by atoms with van der Waals surface area (Å²) in [4.78, 5) is 13.0. The number of carbonyl (C=O) groups is 1. The normalized spacial score (nSPS) is 11.1. The molecular weight excluding hydrogens is 479 g/mol. The van der Waals surface area contributed by atoms with Gasteiger partial charge in [0.15, 0.2) is 0 Å². The minimum Gasteiger partial charge on any atom is -0.497 e. The van der Waals surface area contributed by atoms with E-state index in [9.17, 15) is 13.2 Å². The van der Waals surface area contributed by atoms with Gasteiger partial charge in [-0.2, -0.15) is 0 Å². The van der Waals surface area contributed by atoms with Crippen LogP contribution in [0.4, 0.5) is 11.4 Å². The van der Waals surface area contributed by atoms with E-state index in [0.29, 0.717) is 32.1 Å². The molecule has 0 aliphatic carbocycles. The van der Waals surface area contributed by atoms with Crippen molar-refractivity contribution in [1.29, 1.82) is 0 Å². The van der Waals surface area contributed by atoms with Gasteiger partial charge in [0.05, 0.1) is 34.2 Å². The molecular formula is C21H18Cl2N2O4S2. The fourth-order valence-electron chi connectivity index (χ4n) is 2.56. The van der Waals surface area contributed by atoms with E-state index < -0.39 is 10.0 Å². The molecule has 2 N–H and O–H groups in total. The second-order valence-electron chi connectivity index (χ2n) is 6.24. The zero-order valence-electron chi connectivity index (χ0n) is 16.3. The second kappa shape index (κ2) is 10.3. The van der Waals surface area contributed by atoms with Crippen LogP contribution in [0.25, 0.3) is 0 Å². The van der Waals surface area contributed by atoms with E-state index in [-0.39, 0.29) is 16.6 Å². The van der Waals surface area contributed by atoms with Gasteiger partial charge in [-0.1, -0.05) is 35.3 Å². The Morgan fingerprint density at radius 1 is 1.00 bits per heavy atom. The number of halogens is 2. The Kier molecular flexibility index (Phi) is 7.72. The molecule has 3 aromatic carbocycles. The highest BCUT2D eigenvalue weighted by Gasteiger charge is 2.17. The van der Waals surface area contributed by atoms with Gasteiger partial charge in [0.25, 0.3) is 10.0 Å². The molecule has 10 heteroatoms. The lowest BCUT2D eigenvalue weighted by Gasteiger charge is -2.13. The zero-order chi connectivity index (χ0) is 22.4. The lowest BCUT2D eigenvalue weighted by atomic mass is 10.3. The van der Waals surface area contributed by atoms with Crippen LogP contribution in [0.15, 0.2) is 76.5 Å². The molecule has 0 aliphatic rings. The topological polar surface area (TPSA) is 84.5 Å². The van der Waals surface area contributed by atoms with Crippen molar-refractivity contribution in [2.75, 3.05) is 22.9 Å². The van der Waals surface area contributed by atoms with Gasteiger partial charge in [-0.3, -0.25) is 9.52 Å². The molecule has 31 heavy (non-hydrogen) atoms. The zero-order valence-corrected chi connectivity index (χ0v) is 19.4. The van der Waals surface area contributed by atoms with Crippen molar-refractivity contribution in [1.82, 2.24) is 0 Å². The van der Waals surface area contributed by atoms with Gasteiger partial charge in [0, 0.05) is 9.92 Å². The Morgan fingerprint density at radius 3 is 2.39 bits per heavy atom. The van der Waals surface area contributed by atoms with Gasteiger partial charge in [-0.25, -0.2) is 8.42 Å². The van der Waals surface area contributed by atoms with Gasteiger partial charge in [0.1, 0.15) is 5.75 Å². The third-order valence-corrected chi connectivity index (χ3v) is 7.07. The Hall–Kier alpha value is -2.39. The minimum absolute atomic E-state index is 0.0558. The first-order valence-corrected chi connectivity index (χ1v) is 12.1. The SMILES string of the molecule is COc1ccc(S(=O)(=O)Nc2ccccc2SCC(=O)Nc2ccc(Cl)cc2Cl)cc1. The smallest absolute Gasteiger partial charge is 0.261 e. The molecule has 0 heterocycles. The first-order chi connectivity index (χ1) is 14.8. The van der Waals surface area contributed by atoms with E-state index in [1.165, 1.54) is 37.1 Å². The number of hydrogen-bond donors (Lipinski definition) is 2. The van der Waals surface area contributed by atoms with Crippen molar-refractivity contribution in [2.24, 2.45) is 0 Å². The van der Waals surface area contributed by atoms with Gasteiger partial charge >= 0.3 is 0 Å². The van der Waals surface area contributed by atoms with Crippen molar-refractivity contribution >= 4 is 62.3 Å². The summed E-state index contributed by atoms with van der Waals surface area (Å²) in [5, 5.41) is 3.51. The molecule has 0 aliphatic heterocycles. The molecule has 3 rings (SSSR count). The number of anilines is 2. The summed E-state index contributed by atoms with van der Waals surface area (Å²) >= 11 is 13.1. The number of ether oxygens (including phenoxy) is 1. The van der Waals surface area contributed by atoms with Crippen molar-refractivity contribution in [3.63, 3.8) is 0 Å². The Bertz CT molecular complexity index is 1190. The molecule has 6 nitrogen and oxygen atoms in total. The second-order valence-corrected chi connectivity index (χ2v) is 9.78. The third-order valence-electron chi connectivity index (χ3n) is 4.07. The van der Waals surface area contributed by atoms with Crippen LogP contribution in [0, 0.1) is 0 Å². The van der Waals surface area contributed by atoms with E-state index in [1.54, 1.807) is 48.5 Å². The van der Waals surface area contributed by atoms with Gasteiger partial charge in [-0.15, -0.1) is 11.8 Å². The van der Waals surface area contributed by atoms with Gasteiger partial charge in [-0.05, 0) is 54.6 Å². The number of thioether (sulfide) groups is 1. The van der Waals surface area contributed by atoms with Crippen LogP contribution in [-0.4, -0.2) is 27.2 Å². The van der Waals surface area contributed by atoms with Crippen LogP contribution >= 0.6 is 35.0 Å². The average molecular weight is 497 g/mol. The first-order valence-electron chi connectivity index (χ1n) is 8.92. The monoisotopic (exact) mass is 496 g/mol. The predicted octanol–water partition coefficient (Wildman–Crippen LogP) is 5.53. The van der Waals surface area contributed by atoms with E-state index >= 15 is 0 Å². The number of rotatable bonds is 8.